The van der Waals surface area contributed by atoms with Crippen LogP contribution in [0.5, 0.6) is 5.75 Å². The van der Waals surface area contributed by atoms with Crippen molar-refractivity contribution in [2.24, 2.45) is 0 Å². The fourth-order valence-corrected chi connectivity index (χ4v) is 1.27. The Morgan fingerprint density at radius 1 is 1.00 bits per heavy atom. The van der Waals surface area contributed by atoms with Crippen LogP contribution in [0.1, 0.15) is 30.8 Å². The molecular formula is C16H19F2N3O. The maximum Gasteiger partial charge on any atom is 0.172 e. The summed E-state index contributed by atoms with van der Waals surface area (Å²) in [5.74, 6) is -0.685. The number of halogens is 2. The second-order valence-electron chi connectivity index (χ2n) is 3.88. The molecular weight excluding hydrogens is 288 g/mol. The molecule has 2 heterocycles. The third kappa shape index (κ3) is 6.27. The maximum atomic E-state index is 12.7. The van der Waals surface area contributed by atoms with Gasteiger partial charge in [-0.05, 0) is 26.0 Å². The highest BCUT2D eigenvalue weighted by molar-refractivity contribution is 5.28. The SMILES string of the molecule is CC.COc1cnc(C)cc1F.Cc1cc(F)c(C#N)cn1. The molecule has 0 aliphatic carbocycles. The van der Waals surface area contributed by atoms with Crippen molar-refractivity contribution in [3.8, 4) is 11.8 Å². The zero-order valence-corrected chi connectivity index (χ0v) is 13.3. The average molecular weight is 307 g/mol. The second kappa shape index (κ2) is 10.2. The number of hydrogen-bond acceptors (Lipinski definition) is 4. The minimum absolute atomic E-state index is 0.00870. The molecule has 0 bridgehead atoms. The quantitative estimate of drug-likeness (QED) is 0.800. The van der Waals surface area contributed by atoms with Crippen LogP contribution in [0.25, 0.3) is 0 Å². The molecule has 0 saturated carbocycles. The summed E-state index contributed by atoms with van der Waals surface area (Å²) in [6.07, 6.45) is 2.59. The second-order valence-corrected chi connectivity index (χ2v) is 3.88. The number of hydrogen-bond donors (Lipinski definition) is 0. The highest BCUT2D eigenvalue weighted by atomic mass is 19.1. The Morgan fingerprint density at radius 2 is 1.50 bits per heavy atom. The zero-order valence-electron chi connectivity index (χ0n) is 13.3. The van der Waals surface area contributed by atoms with E-state index >= 15 is 0 Å². The van der Waals surface area contributed by atoms with Crippen molar-refractivity contribution in [2.75, 3.05) is 7.11 Å². The highest BCUT2D eigenvalue weighted by Gasteiger charge is 2.00. The lowest BCUT2D eigenvalue weighted by Crippen LogP contribution is -1.90. The van der Waals surface area contributed by atoms with Gasteiger partial charge in [0.05, 0.1) is 13.3 Å². The van der Waals surface area contributed by atoms with E-state index in [0.717, 1.165) is 0 Å². The smallest absolute Gasteiger partial charge is 0.172 e. The number of aromatic nitrogens is 2. The monoisotopic (exact) mass is 307 g/mol. The van der Waals surface area contributed by atoms with E-state index in [9.17, 15) is 8.78 Å². The Morgan fingerprint density at radius 3 is 1.91 bits per heavy atom. The van der Waals surface area contributed by atoms with Gasteiger partial charge >= 0.3 is 0 Å². The van der Waals surface area contributed by atoms with Crippen molar-refractivity contribution < 1.29 is 13.5 Å². The van der Waals surface area contributed by atoms with Gasteiger partial charge in [0.1, 0.15) is 17.4 Å². The lowest BCUT2D eigenvalue weighted by atomic mass is 10.2. The molecule has 6 heteroatoms. The van der Waals surface area contributed by atoms with Crippen molar-refractivity contribution in [3.05, 3.63) is 53.1 Å². The van der Waals surface area contributed by atoms with Gasteiger partial charge in [-0.25, -0.2) is 8.78 Å². The fourth-order valence-electron chi connectivity index (χ4n) is 1.27. The van der Waals surface area contributed by atoms with Crippen LogP contribution < -0.4 is 4.74 Å². The molecule has 0 amide bonds. The summed E-state index contributed by atoms with van der Waals surface area (Å²) < 4.78 is 29.9. The molecule has 0 radical (unpaired) electrons. The van der Waals surface area contributed by atoms with Gasteiger partial charge < -0.3 is 4.74 Å². The Labute approximate surface area is 129 Å². The highest BCUT2D eigenvalue weighted by Crippen LogP contribution is 2.14. The summed E-state index contributed by atoms with van der Waals surface area (Å²) in [6, 6.07) is 4.25. The van der Waals surface area contributed by atoms with E-state index < -0.39 is 5.82 Å². The first kappa shape index (κ1) is 19.4. The molecule has 0 N–H and O–H groups in total. The Balaban J connectivity index is 0.000000360. The van der Waals surface area contributed by atoms with Crippen molar-refractivity contribution in [3.63, 3.8) is 0 Å². The first-order chi connectivity index (χ1) is 10.5. The molecule has 22 heavy (non-hydrogen) atoms. The number of aryl methyl sites for hydroxylation is 2. The van der Waals surface area contributed by atoms with E-state index in [4.69, 9.17) is 5.26 Å². The van der Waals surface area contributed by atoms with Gasteiger partial charge in [-0.2, -0.15) is 5.26 Å². The first-order valence-electron chi connectivity index (χ1n) is 6.66. The van der Waals surface area contributed by atoms with Crippen LogP contribution >= 0.6 is 0 Å². The molecule has 4 nitrogen and oxygen atoms in total. The first-order valence-corrected chi connectivity index (χ1v) is 6.66. The van der Waals surface area contributed by atoms with Crippen molar-refractivity contribution in [1.82, 2.24) is 9.97 Å². The molecule has 2 aromatic heterocycles. The minimum atomic E-state index is -0.505. The Hall–Kier alpha value is -2.55. The molecule has 0 fully saturated rings. The topological polar surface area (TPSA) is 58.8 Å². The Kier molecular flexibility index (Phi) is 9.03. The predicted octanol–water partition coefficient (Wildman–Crippen LogP) is 3.96. The lowest BCUT2D eigenvalue weighted by molar-refractivity contribution is 0.384. The third-order valence-corrected chi connectivity index (χ3v) is 2.29. The van der Waals surface area contributed by atoms with Gasteiger partial charge in [0.25, 0.3) is 0 Å². The van der Waals surface area contributed by atoms with Gasteiger partial charge in [-0.1, -0.05) is 13.8 Å². The Bertz CT molecular complexity index is 640. The van der Waals surface area contributed by atoms with Crippen LogP contribution in [0.2, 0.25) is 0 Å². The number of pyridine rings is 2. The molecule has 0 atom stereocenters. The molecule has 0 aliphatic rings. The van der Waals surface area contributed by atoms with Gasteiger partial charge in [0.2, 0.25) is 0 Å². The summed E-state index contributed by atoms with van der Waals surface area (Å²) in [4.78, 5) is 7.59. The molecule has 118 valence electrons. The summed E-state index contributed by atoms with van der Waals surface area (Å²) in [5, 5.41) is 8.28. The predicted molar refractivity (Wildman–Crippen MR) is 80.5 cm³/mol. The fraction of sp³-hybridized carbons (Fsp3) is 0.312. The molecule has 0 aromatic carbocycles. The molecule has 2 rings (SSSR count). The van der Waals surface area contributed by atoms with Crippen LogP contribution in [-0.2, 0) is 0 Å². The molecule has 0 saturated heterocycles. The maximum absolute atomic E-state index is 12.7. The number of nitriles is 1. The van der Waals surface area contributed by atoms with E-state index in [1.165, 1.54) is 31.6 Å². The lowest BCUT2D eigenvalue weighted by Gasteiger charge is -1.99. The van der Waals surface area contributed by atoms with Crippen LogP contribution in [0.4, 0.5) is 8.78 Å². The van der Waals surface area contributed by atoms with Gasteiger partial charge in [-0.3, -0.25) is 9.97 Å². The van der Waals surface area contributed by atoms with Crippen LogP contribution in [0, 0.1) is 36.8 Å². The van der Waals surface area contributed by atoms with E-state index in [-0.39, 0.29) is 17.1 Å². The molecule has 0 unspecified atom stereocenters. The van der Waals surface area contributed by atoms with Crippen LogP contribution in [0.15, 0.2) is 24.5 Å². The number of methoxy groups -OCH3 is 1. The van der Waals surface area contributed by atoms with E-state index in [0.29, 0.717) is 11.4 Å². The van der Waals surface area contributed by atoms with Gasteiger partial charge in [-0.15, -0.1) is 0 Å². The van der Waals surface area contributed by atoms with E-state index in [1.807, 2.05) is 13.8 Å². The summed E-state index contributed by atoms with van der Waals surface area (Å²) in [5.41, 5.74) is 1.22. The van der Waals surface area contributed by atoms with Crippen molar-refractivity contribution >= 4 is 0 Å². The average Bonchev–Trinajstić information content (AvgIpc) is 2.50. The van der Waals surface area contributed by atoms with Crippen LogP contribution in [0.3, 0.4) is 0 Å². The van der Waals surface area contributed by atoms with E-state index in [1.54, 1.807) is 19.9 Å². The zero-order chi connectivity index (χ0) is 17.1. The summed E-state index contributed by atoms with van der Waals surface area (Å²) in [6.45, 7) is 7.40. The number of ether oxygens (including phenoxy) is 1. The van der Waals surface area contributed by atoms with Gasteiger partial charge in [0, 0.05) is 17.6 Å². The third-order valence-electron chi connectivity index (χ3n) is 2.29. The minimum Gasteiger partial charge on any atom is -0.492 e. The molecule has 2 aromatic rings. The van der Waals surface area contributed by atoms with Crippen molar-refractivity contribution in [1.29, 1.82) is 5.26 Å². The number of rotatable bonds is 1. The normalized spacial score (nSPS) is 8.64. The molecule has 0 aliphatic heterocycles. The molecule has 0 spiro atoms. The van der Waals surface area contributed by atoms with Crippen LogP contribution in [-0.4, -0.2) is 17.1 Å². The largest absolute Gasteiger partial charge is 0.492 e. The van der Waals surface area contributed by atoms with Crippen molar-refractivity contribution in [2.45, 2.75) is 27.7 Å². The summed E-state index contributed by atoms with van der Waals surface area (Å²) >= 11 is 0. The van der Waals surface area contributed by atoms with Gasteiger partial charge in [0.15, 0.2) is 11.6 Å². The number of nitrogens with zero attached hydrogens (tertiary/aromatic N) is 3. The van der Waals surface area contributed by atoms with E-state index in [2.05, 4.69) is 14.7 Å². The summed E-state index contributed by atoms with van der Waals surface area (Å²) in [7, 11) is 1.41. The standard InChI is InChI=1S/C7H5FN2.C7H8FNO.C2H6/c1-5-2-7(8)6(3-9)4-10-5;1-5-3-6(8)7(10-2)4-9-5;1-2/h2,4H,1H3;3-4H,1-2H3;1-2H3.